The van der Waals surface area contributed by atoms with Gasteiger partial charge in [-0.2, -0.15) is 0 Å². The number of carbonyl (C=O) groups is 1. The van der Waals surface area contributed by atoms with Crippen LogP contribution in [0.2, 0.25) is 0 Å². The van der Waals surface area contributed by atoms with Crippen molar-refractivity contribution < 1.29 is 9.18 Å². The lowest BCUT2D eigenvalue weighted by atomic mass is 10.3. The van der Waals surface area contributed by atoms with Gasteiger partial charge in [-0.25, -0.2) is 4.39 Å². The Hall–Kier alpha value is -1.57. The molecule has 21 heavy (non-hydrogen) atoms. The molecule has 0 bridgehead atoms. The van der Waals surface area contributed by atoms with Crippen LogP contribution in [-0.2, 0) is 4.79 Å². The molecule has 1 amide bonds. The van der Waals surface area contributed by atoms with Crippen LogP contribution in [0.4, 0.5) is 10.1 Å². The normalized spacial score (nSPS) is 16.6. The number of hydrogen-bond donors (Lipinski definition) is 2. The maximum absolute atomic E-state index is 12.8. The van der Waals surface area contributed by atoms with E-state index in [1.165, 1.54) is 12.1 Å². The Morgan fingerprint density at radius 1 is 1.14 bits per heavy atom. The summed E-state index contributed by atoms with van der Waals surface area (Å²) in [5, 5.41) is 2.76. The molecule has 1 heterocycles. The zero-order chi connectivity index (χ0) is 15.2. The standard InChI is InChI=1S/C14H19FN4OS/c15-11-1-3-12(4-2-11)17-14(20)10-19-7-5-18(6-8-19)9-13(16)21/h1-4H,5-10H2,(H2,16,21)(H,17,20). The van der Waals surface area contributed by atoms with Gasteiger partial charge in [0.05, 0.1) is 11.5 Å². The molecule has 1 saturated heterocycles. The minimum absolute atomic E-state index is 0.0931. The Bertz CT molecular complexity index is 500. The van der Waals surface area contributed by atoms with Crippen LogP contribution in [0, 0.1) is 5.82 Å². The van der Waals surface area contributed by atoms with E-state index in [-0.39, 0.29) is 11.7 Å². The first kappa shape index (κ1) is 15.8. The van der Waals surface area contributed by atoms with E-state index >= 15 is 0 Å². The van der Waals surface area contributed by atoms with Crippen molar-refractivity contribution in [3.05, 3.63) is 30.1 Å². The highest BCUT2D eigenvalue weighted by atomic mass is 32.1. The van der Waals surface area contributed by atoms with Crippen molar-refractivity contribution in [2.75, 3.05) is 44.6 Å². The first-order valence-electron chi connectivity index (χ1n) is 6.81. The highest BCUT2D eigenvalue weighted by Gasteiger charge is 2.19. The highest BCUT2D eigenvalue weighted by Crippen LogP contribution is 2.08. The van der Waals surface area contributed by atoms with Gasteiger partial charge in [0, 0.05) is 38.4 Å². The minimum Gasteiger partial charge on any atom is -0.392 e. The third kappa shape index (κ3) is 5.37. The Morgan fingerprint density at radius 2 is 1.67 bits per heavy atom. The second kappa shape index (κ2) is 7.44. The molecule has 0 atom stereocenters. The largest absolute Gasteiger partial charge is 0.392 e. The number of anilines is 1. The van der Waals surface area contributed by atoms with Crippen molar-refractivity contribution in [3.63, 3.8) is 0 Å². The molecule has 1 aromatic carbocycles. The van der Waals surface area contributed by atoms with Gasteiger partial charge in [0.1, 0.15) is 5.82 Å². The van der Waals surface area contributed by atoms with Crippen molar-refractivity contribution in [3.8, 4) is 0 Å². The Labute approximate surface area is 128 Å². The summed E-state index contributed by atoms with van der Waals surface area (Å²) in [6.45, 7) is 4.27. The Morgan fingerprint density at radius 3 is 2.19 bits per heavy atom. The van der Waals surface area contributed by atoms with Gasteiger partial charge in [-0.15, -0.1) is 0 Å². The van der Waals surface area contributed by atoms with Gasteiger partial charge in [-0.1, -0.05) is 12.2 Å². The van der Waals surface area contributed by atoms with E-state index in [4.69, 9.17) is 18.0 Å². The molecule has 114 valence electrons. The fourth-order valence-electron chi connectivity index (χ4n) is 2.26. The van der Waals surface area contributed by atoms with Gasteiger partial charge in [-0.3, -0.25) is 14.6 Å². The molecule has 1 aliphatic heterocycles. The maximum atomic E-state index is 12.8. The molecule has 5 nitrogen and oxygen atoms in total. The van der Waals surface area contributed by atoms with Crippen LogP contribution >= 0.6 is 12.2 Å². The molecule has 1 fully saturated rings. The summed E-state index contributed by atoms with van der Waals surface area (Å²) < 4.78 is 12.8. The molecule has 0 aromatic heterocycles. The molecule has 0 unspecified atom stereocenters. The third-order valence-electron chi connectivity index (χ3n) is 3.34. The predicted molar refractivity (Wildman–Crippen MR) is 84.7 cm³/mol. The molecule has 3 N–H and O–H groups in total. The topological polar surface area (TPSA) is 61.6 Å². The second-order valence-corrected chi connectivity index (χ2v) is 5.60. The van der Waals surface area contributed by atoms with Gasteiger partial charge in [0.2, 0.25) is 5.91 Å². The summed E-state index contributed by atoms with van der Waals surface area (Å²) in [5.74, 6) is -0.411. The summed E-state index contributed by atoms with van der Waals surface area (Å²) in [7, 11) is 0. The van der Waals surface area contributed by atoms with E-state index in [0.29, 0.717) is 23.8 Å². The van der Waals surface area contributed by atoms with Crippen LogP contribution in [-0.4, -0.2) is 60.0 Å². The lowest BCUT2D eigenvalue weighted by Gasteiger charge is -2.33. The number of nitrogens with zero attached hydrogens (tertiary/aromatic N) is 2. The summed E-state index contributed by atoms with van der Waals surface area (Å²) in [6.07, 6.45) is 0. The number of carbonyl (C=O) groups excluding carboxylic acids is 1. The molecule has 7 heteroatoms. The van der Waals surface area contributed by atoms with E-state index in [1.54, 1.807) is 12.1 Å². The zero-order valence-corrected chi connectivity index (χ0v) is 12.5. The number of rotatable bonds is 5. The van der Waals surface area contributed by atoms with E-state index in [0.717, 1.165) is 26.2 Å². The Balaban J connectivity index is 1.74. The monoisotopic (exact) mass is 310 g/mol. The summed E-state index contributed by atoms with van der Waals surface area (Å²) in [6, 6.07) is 5.74. The summed E-state index contributed by atoms with van der Waals surface area (Å²) in [5.41, 5.74) is 6.13. The van der Waals surface area contributed by atoms with Gasteiger partial charge in [-0.05, 0) is 24.3 Å². The van der Waals surface area contributed by atoms with E-state index < -0.39 is 0 Å². The molecule has 0 radical (unpaired) electrons. The third-order valence-corrected chi connectivity index (χ3v) is 3.47. The second-order valence-electron chi connectivity index (χ2n) is 5.07. The van der Waals surface area contributed by atoms with Crippen LogP contribution in [0.1, 0.15) is 0 Å². The maximum Gasteiger partial charge on any atom is 0.238 e. The zero-order valence-electron chi connectivity index (χ0n) is 11.7. The molecule has 1 aromatic rings. The van der Waals surface area contributed by atoms with Crippen LogP contribution in [0.3, 0.4) is 0 Å². The van der Waals surface area contributed by atoms with E-state index in [9.17, 15) is 9.18 Å². The van der Waals surface area contributed by atoms with Crippen LogP contribution < -0.4 is 11.1 Å². The molecule has 0 aliphatic carbocycles. The van der Waals surface area contributed by atoms with Gasteiger partial charge in [0.15, 0.2) is 0 Å². The number of thiocarbonyl (C=S) groups is 1. The van der Waals surface area contributed by atoms with E-state index in [2.05, 4.69) is 15.1 Å². The van der Waals surface area contributed by atoms with Crippen LogP contribution in [0.25, 0.3) is 0 Å². The number of piperazine rings is 1. The molecule has 2 rings (SSSR count). The summed E-state index contributed by atoms with van der Waals surface area (Å²) >= 11 is 4.89. The minimum atomic E-state index is -0.318. The quantitative estimate of drug-likeness (QED) is 0.783. The van der Waals surface area contributed by atoms with Crippen LogP contribution in [0.5, 0.6) is 0 Å². The smallest absolute Gasteiger partial charge is 0.238 e. The van der Waals surface area contributed by atoms with Crippen molar-refractivity contribution in [2.45, 2.75) is 0 Å². The number of nitrogens with one attached hydrogen (secondary N) is 1. The van der Waals surface area contributed by atoms with Crippen LogP contribution in [0.15, 0.2) is 24.3 Å². The van der Waals surface area contributed by atoms with Crippen molar-refractivity contribution >= 4 is 28.8 Å². The number of halogens is 1. The van der Waals surface area contributed by atoms with Gasteiger partial charge in [0.25, 0.3) is 0 Å². The fourth-order valence-corrected chi connectivity index (χ4v) is 2.45. The Kier molecular flexibility index (Phi) is 5.60. The molecule has 0 saturated carbocycles. The fraction of sp³-hybridized carbons (Fsp3) is 0.429. The molecular formula is C14H19FN4OS. The van der Waals surface area contributed by atoms with Crippen molar-refractivity contribution in [1.82, 2.24) is 9.80 Å². The SMILES string of the molecule is NC(=S)CN1CCN(CC(=O)Nc2ccc(F)cc2)CC1. The first-order chi connectivity index (χ1) is 10.0. The lowest BCUT2D eigenvalue weighted by molar-refractivity contribution is -0.117. The van der Waals surface area contributed by atoms with Crippen molar-refractivity contribution in [2.24, 2.45) is 5.73 Å². The molecule has 1 aliphatic rings. The summed E-state index contributed by atoms with van der Waals surface area (Å²) in [4.78, 5) is 16.7. The highest BCUT2D eigenvalue weighted by molar-refractivity contribution is 7.80. The number of nitrogens with two attached hydrogens (primary N) is 1. The predicted octanol–water partition coefficient (Wildman–Crippen LogP) is 0.668. The van der Waals surface area contributed by atoms with E-state index in [1.807, 2.05) is 0 Å². The molecule has 0 spiro atoms. The lowest BCUT2D eigenvalue weighted by Crippen LogP contribution is -2.50. The molecular weight excluding hydrogens is 291 g/mol. The number of benzene rings is 1. The van der Waals surface area contributed by atoms with Crippen molar-refractivity contribution in [1.29, 1.82) is 0 Å². The number of amides is 1. The average molecular weight is 310 g/mol. The first-order valence-corrected chi connectivity index (χ1v) is 7.22. The average Bonchev–Trinajstić information content (AvgIpc) is 2.43. The number of hydrogen-bond acceptors (Lipinski definition) is 4. The van der Waals surface area contributed by atoms with Gasteiger partial charge < -0.3 is 11.1 Å². The van der Waals surface area contributed by atoms with Gasteiger partial charge >= 0.3 is 0 Å².